The summed E-state index contributed by atoms with van der Waals surface area (Å²) in [6.45, 7) is 4.89. The summed E-state index contributed by atoms with van der Waals surface area (Å²) in [5, 5.41) is 3.49. The second kappa shape index (κ2) is 11.0. The Labute approximate surface area is 215 Å². The number of anilines is 2. The fourth-order valence-electron chi connectivity index (χ4n) is 4.12. The molecule has 1 fully saturated rings. The fraction of sp³-hybridized carbons (Fsp3) is 0.259. The van der Waals surface area contributed by atoms with Gasteiger partial charge in [0.05, 0.1) is 17.7 Å². The number of piperazine rings is 1. The Morgan fingerprint density at radius 1 is 0.943 bits per heavy atom. The van der Waals surface area contributed by atoms with E-state index >= 15 is 0 Å². The number of aryl methyl sites for hydroxylation is 1. The number of nitrogens with one attached hydrogen (secondary N) is 1. The van der Waals surface area contributed by atoms with Gasteiger partial charge in [0.15, 0.2) is 0 Å². The number of nitrogens with zero attached hydrogens (tertiary/aromatic N) is 2. The Morgan fingerprint density at radius 2 is 1.60 bits per heavy atom. The van der Waals surface area contributed by atoms with Crippen LogP contribution >= 0.6 is 23.2 Å². The molecule has 1 saturated heterocycles. The molecule has 0 spiro atoms. The van der Waals surface area contributed by atoms with Crippen molar-refractivity contribution in [2.24, 2.45) is 0 Å². The highest BCUT2D eigenvalue weighted by Gasteiger charge is 2.22. The molecule has 0 radical (unpaired) electrons. The summed E-state index contributed by atoms with van der Waals surface area (Å²) in [5.74, 6) is -0.0149. The molecule has 182 valence electrons. The number of ether oxygens (including phenoxy) is 1. The summed E-state index contributed by atoms with van der Waals surface area (Å²) in [7, 11) is 1.45. The Hall–Kier alpha value is -3.22. The number of hydrogen-bond donors (Lipinski definition) is 1. The van der Waals surface area contributed by atoms with E-state index in [9.17, 15) is 9.59 Å². The molecule has 35 heavy (non-hydrogen) atoms. The predicted octanol–water partition coefficient (Wildman–Crippen LogP) is 5.78. The number of carbonyl (C=O) groups excluding carboxylic acids is 2. The third kappa shape index (κ3) is 5.72. The van der Waals surface area contributed by atoms with E-state index in [0.29, 0.717) is 23.8 Å². The van der Waals surface area contributed by atoms with Gasteiger partial charge in [-0.3, -0.25) is 9.59 Å². The lowest BCUT2D eigenvalue weighted by Crippen LogP contribution is -2.48. The first kappa shape index (κ1) is 24.9. The lowest BCUT2D eigenvalue weighted by Gasteiger charge is -2.36. The minimum absolute atomic E-state index is 0.0712. The zero-order valence-electron chi connectivity index (χ0n) is 19.7. The van der Waals surface area contributed by atoms with Crippen LogP contribution in [0.4, 0.5) is 11.4 Å². The molecule has 1 aliphatic rings. The van der Waals surface area contributed by atoms with Gasteiger partial charge in [-0.1, -0.05) is 42.3 Å². The fourth-order valence-corrected chi connectivity index (χ4v) is 4.69. The van der Waals surface area contributed by atoms with Gasteiger partial charge in [-0.2, -0.15) is 0 Å². The van der Waals surface area contributed by atoms with Crippen molar-refractivity contribution in [3.8, 4) is 5.75 Å². The molecule has 1 aliphatic heterocycles. The molecule has 0 unspecified atom stereocenters. The van der Waals surface area contributed by atoms with Crippen molar-refractivity contribution in [2.75, 3.05) is 43.5 Å². The molecule has 6 nitrogen and oxygen atoms in total. The van der Waals surface area contributed by atoms with E-state index in [4.69, 9.17) is 27.9 Å². The maximum Gasteiger partial charge on any atom is 0.259 e. The summed E-state index contributed by atoms with van der Waals surface area (Å²) < 4.78 is 5.27. The van der Waals surface area contributed by atoms with Gasteiger partial charge in [-0.05, 0) is 60.5 Å². The highest BCUT2D eigenvalue weighted by atomic mass is 35.5. The van der Waals surface area contributed by atoms with Gasteiger partial charge in [0, 0.05) is 48.1 Å². The van der Waals surface area contributed by atoms with Crippen molar-refractivity contribution in [3.05, 3.63) is 87.4 Å². The van der Waals surface area contributed by atoms with E-state index in [1.807, 2.05) is 53.4 Å². The molecule has 0 atom stereocenters. The lowest BCUT2D eigenvalue weighted by molar-refractivity contribution is 0.0746. The summed E-state index contributed by atoms with van der Waals surface area (Å²) >= 11 is 12.2. The maximum absolute atomic E-state index is 12.8. The minimum atomic E-state index is -0.363. The van der Waals surface area contributed by atoms with Crippen molar-refractivity contribution >= 4 is 46.4 Å². The first-order valence-corrected chi connectivity index (χ1v) is 12.2. The molecule has 2 amide bonds. The zero-order valence-corrected chi connectivity index (χ0v) is 21.2. The largest absolute Gasteiger partial charge is 0.494 e. The number of hydrogen-bond acceptors (Lipinski definition) is 4. The Kier molecular flexibility index (Phi) is 7.83. The molecule has 4 rings (SSSR count). The Bertz CT molecular complexity index is 1210. The molecular weight excluding hydrogens is 485 g/mol. The number of methoxy groups -OCH3 is 1. The highest BCUT2D eigenvalue weighted by Crippen LogP contribution is 2.33. The molecule has 1 N–H and O–H groups in total. The van der Waals surface area contributed by atoms with Gasteiger partial charge >= 0.3 is 0 Å². The molecule has 3 aromatic carbocycles. The van der Waals surface area contributed by atoms with Gasteiger partial charge in [0.1, 0.15) is 5.75 Å². The summed E-state index contributed by atoms with van der Waals surface area (Å²) in [6.07, 6.45) is 0.957. The monoisotopic (exact) mass is 511 g/mol. The first-order chi connectivity index (χ1) is 16.9. The van der Waals surface area contributed by atoms with Gasteiger partial charge in [0.25, 0.3) is 11.8 Å². The van der Waals surface area contributed by atoms with Gasteiger partial charge < -0.3 is 19.9 Å². The maximum atomic E-state index is 12.8. The third-order valence-corrected chi connectivity index (χ3v) is 6.62. The van der Waals surface area contributed by atoms with Crippen LogP contribution in [0.2, 0.25) is 10.0 Å². The van der Waals surface area contributed by atoms with E-state index in [1.165, 1.54) is 24.8 Å². The molecule has 0 aromatic heterocycles. The van der Waals surface area contributed by atoms with Crippen molar-refractivity contribution in [1.82, 2.24) is 4.90 Å². The summed E-state index contributed by atoms with van der Waals surface area (Å²) in [4.78, 5) is 29.7. The van der Waals surface area contributed by atoms with Crippen LogP contribution in [0, 0.1) is 0 Å². The van der Waals surface area contributed by atoms with Crippen molar-refractivity contribution in [2.45, 2.75) is 13.3 Å². The third-order valence-electron chi connectivity index (χ3n) is 6.12. The van der Waals surface area contributed by atoms with E-state index in [-0.39, 0.29) is 28.1 Å². The van der Waals surface area contributed by atoms with Gasteiger partial charge in [-0.15, -0.1) is 0 Å². The highest BCUT2D eigenvalue weighted by molar-refractivity contribution is 6.36. The molecule has 0 aliphatic carbocycles. The average molecular weight is 512 g/mol. The van der Waals surface area contributed by atoms with Crippen LogP contribution in [-0.4, -0.2) is 50.0 Å². The van der Waals surface area contributed by atoms with Crippen LogP contribution in [0.3, 0.4) is 0 Å². The van der Waals surface area contributed by atoms with Crippen LogP contribution in [-0.2, 0) is 6.42 Å². The van der Waals surface area contributed by atoms with Crippen LogP contribution in [0.15, 0.2) is 60.7 Å². The molecule has 3 aromatic rings. The standard InChI is InChI=1S/C27H27Cl2N3O3/c1-3-18-4-6-19(7-5-18)27(34)32-14-12-31(13-15-32)22-10-8-21(9-11-22)30-26(33)23-16-20(28)17-24(29)25(23)35-2/h4-11,16-17H,3,12-15H2,1-2H3,(H,30,33). The molecule has 0 bridgehead atoms. The van der Waals surface area contributed by atoms with Crippen molar-refractivity contribution < 1.29 is 14.3 Å². The molecule has 0 saturated carbocycles. The zero-order chi connectivity index (χ0) is 24.9. The van der Waals surface area contributed by atoms with Gasteiger partial charge in [0.2, 0.25) is 0 Å². The minimum Gasteiger partial charge on any atom is -0.494 e. The van der Waals surface area contributed by atoms with Gasteiger partial charge in [-0.25, -0.2) is 0 Å². The number of benzene rings is 3. The van der Waals surface area contributed by atoms with Crippen LogP contribution in [0.25, 0.3) is 0 Å². The normalized spacial score (nSPS) is 13.5. The van der Waals surface area contributed by atoms with Crippen molar-refractivity contribution in [3.63, 3.8) is 0 Å². The smallest absolute Gasteiger partial charge is 0.259 e. The number of halogens is 2. The molecular formula is C27H27Cl2N3O3. The quantitative estimate of drug-likeness (QED) is 0.455. The second-order valence-corrected chi connectivity index (χ2v) is 9.14. The molecule has 1 heterocycles. The van der Waals surface area contributed by atoms with Crippen LogP contribution < -0.4 is 15.0 Å². The molecule has 8 heteroatoms. The van der Waals surface area contributed by atoms with E-state index in [1.54, 1.807) is 0 Å². The van der Waals surface area contributed by atoms with Crippen LogP contribution in [0.1, 0.15) is 33.2 Å². The predicted molar refractivity (Wildman–Crippen MR) is 141 cm³/mol. The first-order valence-electron chi connectivity index (χ1n) is 11.5. The summed E-state index contributed by atoms with van der Waals surface area (Å²) in [5.41, 5.74) is 3.89. The number of carbonyl (C=O) groups is 2. The Balaban J connectivity index is 1.36. The van der Waals surface area contributed by atoms with E-state index in [0.717, 1.165) is 30.8 Å². The summed E-state index contributed by atoms with van der Waals surface area (Å²) in [6, 6.07) is 18.5. The van der Waals surface area contributed by atoms with E-state index in [2.05, 4.69) is 17.1 Å². The van der Waals surface area contributed by atoms with Crippen LogP contribution in [0.5, 0.6) is 5.75 Å². The second-order valence-electron chi connectivity index (χ2n) is 8.30. The number of amides is 2. The topological polar surface area (TPSA) is 61.9 Å². The van der Waals surface area contributed by atoms with E-state index < -0.39 is 0 Å². The Morgan fingerprint density at radius 3 is 2.20 bits per heavy atom. The SMILES string of the molecule is CCc1ccc(C(=O)N2CCN(c3ccc(NC(=O)c4cc(Cl)cc(Cl)c4OC)cc3)CC2)cc1. The average Bonchev–Trinajstić information content (AvgIpc) is 2.88. The van der Waals surface area contributed by atoms with Crippen molar-refractivity contribution in [1.29, 1.82) is 0 Å². The number of rotatable bonds is 6. The lowest BCUT2D eigenvalue weighted by atomic mass is 10.1.